The van der Waals surface area contributed by atoms with Gasteiger partial charge in [0.1, 0.15) is 0 Å². The predicted molar refractivity (Wildman–Crippen MR) is 89.9 cm³/mol. The third-order valence-corrected chi connectivity index (χ3v) is 4.87. The lowest BCUT2D eigenvalue weighted by molar-refractivity contribution is -0.129. The standard InChI is InChI=1S/C17H21N5O3/c23-15-9-13(11-20(15)10-12-4-5-12)16(24)18-6-8-22-17(25)21-7-2-1-3-14(21)19-22/h1-3,7,12-13H,4-6,8-11H2,(H,18,24). The average Bonchev–Trinajstić information content (AvgIpc) is 3.27. The van der Waals surface area contributed by atoms with Gasteiger partial charge in [0.2, 0.25) is 11.8 Å². The van der Waals surface area contributed by atoms with Gasteiger partial charge in [0.15, 0.2) is 5.65 Å². The molecule has 8 heteroatoms. The monoisotopic (exact) mass is 343 g/mol. The molecular formula is C17H21N5O3. The molecule has 0 radical (unpaired) electrons. The first-order chi connectivity index (χ1) is 12.1. The number of likely N-dealkylation sites (tertiary alicyclic amines) is 1. The van der Waals surface area contributed by atoms with E-state index in [0.717, 1.165) is 6.54 Å². The molecule has 0 bridgehead atoms. The van der Waals surface area contributed by atoms with Crippen molar-refractivity contribution in [3.63, 3.8) is 0 Å². The van der Waals surface area contributed by atoms with Crippen LogP contribution in [0, 0.1) is 11.8 Å². The highest BCUT2D eigenvalue weighted by Crippen LogP contribution is 2.31. The smallest absolute Gasteiger partial charge is 0.350 e. The van der Waals surface area contributed by atoms with E-state index in [-0.39, 0.29) is 29.8 Å². The Balaban J connectivity index is 1.30. The van der Waals surface area contributed by atoms with Crippen LogP contribution in [0.2, 0.25) is 0 Å². The van der Waals surface area contributed by atoms with Gasteiger partial charge in [-0.1, -0.05) is 6.07 Å². The van der Waals surface area contributed by atoms with E-state index in [1.165, 1.54) is 21.9 Å². The van der Waals surface area contributed by atoms with E-state index < -0.39 is 0 Å². The summed E-state index contributed by atoms with van der Waals surface area (Å²) >= 11 is 0. The van der Waals surface area contributed by atoms with E-state index in [1.54, 1.807) is 18.3 Å². The number of fused-ring (bicyclic) bond motifs is 1. The molecule has 2 aliphatic rings. The van der Waals surface area contributed by atoms with E-state index in [9.17, 15) is 14.4 Å². The van der Waals surface area contributed by atoms with Gasteiger partial charge in [-0.2, -0.15) is 0 Å². The van der Waals surface area contributed by atoms with Gasteiger partial charge in [-0.15, -0.1) is 5.10 Å². The normalized spacial score (nSPS) is 20.4. The van der Waals surface area contributed by atoms with E-state index >= 15 is 0 Å². The molecule has 8 nitrogen and oxygen atoms in total. The molecule has 2 fully saturated rings. The van der Waals surface area contributed by atoms with E-state index in [0.29, 0.717) is 31.2 Å². The summed E-state index contributed by atoms with van der Waals surface area (Å²) in [6.07, 6.45) is 4.33. The fourth-order valence-electron chi connectivity index (χ4n) is 3.28. The van der Waals surface area contributed by atoms with E-state index in [4.69, 9.17) is 0 Å². The van der Waals surface area contributed by atoms with Crippen LogP contribution in [-0.4, -0.2) is 50.5 Å². The predicted octanol–water partition coefficient (Wildman–Crippen LogP) is -0.129. The summed E-state index contributed by atoms with van der Waals surface area (Å²) in [7, 11) is 0. The number of rotatable bonds is 6. The minimum atomic E-state index is -0.288. The lowest BCUT2D eigenvalue weighted by Gasteiger charge is -2.15. The summed E-state index contributed by atoms with van der Waals surface area (Å²) in [5, 5.41) is 7.05. The Hall–Kier alpha value is -2.64. The van der Waals surface area contributed by atoms with Gasteiger partial charge >= 0.3 is 5.69 Å². The maximum absolute atomic E-state index is 12.3. The highest BCUT2D eigenvalue weighted by atomic mass is 16.2. The Morgan fingerprint density at radius 2 is 2.12 bits per heavy atom. The number of amides is 2. The molecule has 2 amide bonds. The van der Waals surface area contributed by atoms with Crippen molar-refractivity contribution < 1.29 is 9.59 Å². The zero-order chi connectivity index (χ0) is 17.4. The Morgan fingerprint density at radius 3 is 2.88 bits per heavy atom. The van der Waals surface area contributed by atoms with Crippen molar-refractivity contribution in [2.75, 3.05) is 19.6 Å². The number of hydrogen-bond donors (Lipinski definition) is 1. The summed E-state index contributed by atoms with van der Waals surface area (Å²) in [5.74, 6) is 0.295. The van der Waals surface area contributed by atoms with Gasteiger partial charge in [-0.05, 0) is 30.9 Å². The summed E-state index contributed by atoms with van der Waals surface area (Å²) in [4.78, 5) is 38.2. The first-order valence-corrected chi connectivity index (χ1v) is 8.71. The number of hydrogen-bond acceptors (Lipinski definition) is 4. The quantitative estimate of drug-likeness (QED) is 0.791. The molecule has 2 aromatic rings. The maximum Gasteiger partial charge on any atom is 0.350 e. The fraction of sp³-hybridized carbons (Fsp3) is 0.529. The number of nitrogens with zero attached hydrogens (tertiary/aromatic N) is 4. The van der Waals surface area contributed by atoms with Crippen LogP contribution in [0.25, 0.3) is 5.65 Å². The summed E-state index contributed by atoms with van der Waals surface area (Å²) < 4.78 is 2.81. The van der Waals surface area contributed by atoms with Gasteiger partial charge in [0.25, 0.3) is 0 Å². The second-order valence-electron chi connectivity index (χ2n) is 6.87. The lowest BCUT2D eigenvalue weighted by Crippen LogP contribution is -2.36. The summed E-state index contributed by atoms with van der Waals surface area (Å²) in [6.45, 7) is 1.92. The molecule has 3 heterocycles. The highest BCUT2D eigenvalue weighted by Gasteiger charge is 2.36. The number of carbonyl (C=O) groups excluding carboxylic acids is 2. The van der Waals surface area contributed by atoms with Crippen molar-refractivity contribution in [2.45, 2.75) is 25.8 Å². The molecule has 0 spiro atoms. The van der Waals surface area contributed by atoms with Crippen LogP contribution in [0.5, 0.6) is 0 Å². The maximum atomic E-state index is 12.3. The molecule has 1 saturated heterocycles. The second kappa shape index (κ2) is 6.34. The number of nitrogens with one attached hydrogen (secondary N) is 1. The first kappa shape index (κ1) is 15.9. The largest absolute Gasteiger partial charge is 0.354 e. The van der Waals surface area contributed by atoms with Crippen molar-refractivity contribution in [2.24, 2.45) is 11.8 Å². The molecular weight excluding hydrogens is 322 g/mol. The van der Waals surface area contributed by atoms with Gasteiger partial charge in [0, 0.05) is 32.3 Å². The van der Waals surface area contributed by atoms with E-state index in [1.807, 2.05) is 11.0 Å². The first-order valence-electron chi connectivity index (χ1n) is 8.71. The zero-order valence-electron chi connectivity index (χ0n) is 13.9. The van der Waals surface area contributed by atoms with Crippen LogP contribution < -0.4 is 11.0 Å². The molecule has 1 aliphatic carbocycles. The van der Waals surface area contributed by atoms with Crippen molar-refractivity contribution in [1.82, 2.24) is 24.4 Å². The van der Waals surface area contributed by atoms with Crippen molar-refractivity contribution in [3.8, 4) is 0 Å². The van der Waals surface area contributed by atoms with Gasteiger partial charge < -0.3 is 10.2 Å². The molecule has 0 aromatic carbocycles. The second-order valence-corrected chi connectivity index (χ2v) is 6.87. The molecule has 132 valence electrons. The van der Waals surface area contributed by atoms with Crippen molar-refractivity contribution in [1.29, 1.82) is 0 Å². The average molecular weight is 343 g/mol. The number of pyridine rings is 1. The van der Waals surface area contributed by atoms with Crippen LogP contribution >= 0.6 is 0 Å². The Bertz CT molecular complexity index is 867. The van der Waals surface area contributed by atoms with Crippen LogP contribution in [0.15, 0.2) is 29.2 Å². The molecule has 1 atom stereocenters. The zero-order valence-corrected chi connectivity index (χ0v) is 13.9. The summed E-state index contributed by atoms with van der Waals surface area (Å²) in [5.41, 5.74) is 0.354. The number of carbonyl (C=O) groups is 2. The SMILES string of the molecule is O=C(NCCn1nc2ccccn2c1=O)C1CC(=O)N(CC2CC2)C1. The minimum Gasteiger partial charge on any atom is -0.354 e. The molecule has 2 aromatic heterocycles. The Morgan fingerprint density at radius 1 is 1.28 bits per heavy atom. The Labute approximate surface area is 144 Å². The molecule has 25 heavy (non-hydrogen) atoms. The van der Waals surface area contributed by atoms with E-state index in [2.05, 4.69) is 10.4 Å². The van der Waals surface area contributed by atoms with Gasteiger partial charge in [-0.25, -0.2) is 9.48 Å². The van der Waals surface area contributed by atoms with Crippen LogP contribution in [0.3, 0.4) is 0 Å². The molecule has 1 N–H and O–H groups in total. The summed E-state index contributed by atoms with van der Waals surface area (Å²) in [6, 6.07) is 5.35. The molecule has 1 unspecified atom stereocenters. The van der Waals surface area contributed by atoms with Gasteiger partial charge in [0.05, 0.1) is 12.5 Å². The van der Waals surface area contributed by atoms with Crippen LogP contribution in [0.4, 0.5) is 0 Å². The third-order valence-electron chi connectivity index (χ3n) is 4.87. The lowest BCUT2D eigenvalue weighted by atomic mass is 10.1. The van der Waals surface area contributed by atoms with Gasteiger partial charge in [-0.3, -0.25) is 14.0 Å². The molecule has 1 saturated carbocycles. The highest BCUT2D eigenvalue weighted by molar-refractivity contribution is 5.89. The van der Waals surface area contributed by atoms with Crippen LogP contribution in [-0.2, 0) is 16.1 Å². The van der Waals surface area contributed by atoms with Crippen molar-refractivity contribution >= 4 is 17.5 Å². The Kier molecular flexibility index (Phi) is 4.03. The van der Waals surface area contributed by atoms with Crippen molar-refractivity contribution in [3.05, 3.63) is 34.9 Å². The topological polar surface area (TPSA) is 88.7 Å². The fourth-order valence-corrected chi connectivity index (χ4v) is 3.28. The number of aromatic nitrogens is 3. The third kappa shape index (κ3) is 3.29. The van der Waals surface area contributed by atoms with Crippen LogP contribution in [0.1, 0.15) is 19.3 Å². The minimum absolute atomic E-state index is 0.0728. The molecule has 1 aliphatic heterocycles. The molecule has 4 rings (SSSR count).